The molecule has 0 aliphatic carbocycles. The minimum atomic E-state index is 0.663. The number of fused-ring (bicyclic) bond motifs is 1. The molecule has 0 radical (unpaired) electrons. The van der Waals surface area contributed by atoms with Gasteiger partial charge in [0.2, 0.25) is 0 Å². The number of imidazole rings is 1. The summed E-state index contributed by atoms with van der Waals surface area (Å²) >= 11 is 0. The van der Waals surface area contributed by atoms with Crippen LogP contribution in [0.3, 0.4) is 0 Å². The van der Waals surface area contributed by atoms with Crippen molar-refractivity contribution in [2.75, 3.05) is 6.61 Å². The second kappa shape index (κ2) is 3.85. The lowest BCUT2D eigenvalue weighted by Crippen LogP contribution is -2.09. The van der Waals surface area contributed by atoms with Gasteiger partial charge >= 0.3 is 0 Å². The summed E-state index contributed by atoms with van der Waals surface area (Å²) in [6.45, 7) is 0.663. The summed E-state index contributed by atoms with van der Waals surface area (Å²) in [6, 6.07) is 8.09. The second-order valence-electron chi connectivity index (χ2n) is 3.88. The minimum absolute atomic E-state index is 0.663. The van der Waals surface area contributed by atoms with Crippen LogP contribution < -0.4 is 4.74 Å². The molecule has 1 aromatic heterocycles. The molecular formula is C13H12N2O. The number of benzene rings is 1. The van der Waals surface area contributed by atoms with E-state index in [1.807, 2.05) is 24.4 Å². The van der Waals surface area contributed by atoms with Gasteiger partial charge in [-0.2, -0.15) is 0 Å². The Morgan fingerprint density at radius 2 is 2.25 bits per heavy atom. The maximum absolute atomic E-state index is 5.68. The molecule has 3 heteroatoms. The van der Waals surface area contributed by atoms with E-state index in [-0.39, 0.29) is 0 Å². The van der Waals surface area contributed by atoms with Gasteiger partial charge in [-0.25, -0.2) is 4.98 Å². The van der Waals surface area contributed by atoms with Crippen LogP contribution in [0.2, 0.25) is 0 Å². The fraction of sp³-hybridized carbons (Fsp3) is 0.154. The highest BCUT2D eigenvalue weighted by molar-refractivity contribution is 5.62. The Morgan fingerprint density at radius 3 is 3.12 bits per heavy atom. The molecule has 1 aromatic carbocycles. The molecule has 1 aliphatic rings. The van der Waals surface area contributed by atoms with Crippen molar-refractivity contribution in [1.29, 1.82) is 0 Å². The quantitative estimate of drug-likeness (QED) is 0.830. The van der Waals surface area contributed by atoms with E-state index in [0.29, 0.717) is 6.61 Å². The first-order valence-electron chi connectivity index (χ1n) is 5.30. The van der Waals surface area contributed by atoms with Gasteiger partial charge in [0.15, 0.2) is 0 Å². The molecule has 3 nitrogen and oxygen atoms in total. The van der Waals surface area contributed by atoms with Crippen LogP contribution >= 0.6 is 0 Å². The number of nitrogens with one attached hydrogen (secondary N) is 1. The summed E-state index contributed by atoms with van der Waals surface area (Å²) in [5, 5.41) is 0. The molecule has 2 heterocycles. The summed E-state index contributed by atoms with van der Waals surface area (Å²) in [5.74, 6) is 0.968. The zero-order chi connectivity index (χ0) is 10.8. The Labute approximate surface area is 93.8 Å². The van der Waals surface area contributed by atoms with E-state index in [1.165, 1.54) is 5.57 Å². The summed E-state index contributed by atoms with van der Waals surface area (Å²) in [7, 11) is 0. The van der Waals surface area contributed by atoms with E-state index < -0.39 is 0 Å². The average Bonchev–Trinajstić information content (AvgIpc) is 2.82. The van der Waals surface area contributed by atoms with Crippen LogP contribution in [-0.4, -0.2) is 16.6 Å². The SMILES string of the molecule is C1=C(Cc2cnc[nH]2)COc2ccccc21. The number of hydrogen-bond acceptors (Lipinski definition) is 2. The molecule has 2 aromatic rings. The standard InChI is InChI=1S/C13H12N2O/c1-2-4-13-11(3-1)5-10(8-16-13)6-12-7-14-9-15-12/h1-5,7,9H,6,8H2,(H,14,15). The van der Waals surface area contributed by atoms with E-state index in [1.54, 1.807) is 6.33 Å². The monoisotopic (exact) mass is 212 g/mol. The van der Waals surface area contributed by atoms with Gasteiger partial charge in [0.1, 0.15) is 12.4 Å². The topological polar surface area (TPSA) is 37.9 Å². The zero-order valence-electron chi connectivity index (χ0n) is 8.81. The van der Waals surface area contributed by atoms with E-state index in [4.69, 9.17) is 4.74 Å². The number of ether oxygens (including phenoxy) is 1. The van der Waals surface area contributed by atoms with Crippen molar-refractivity contribution in [3.63, 3.8) is 0 Å². The first kappa shape index (κ1) is 9.21. The van der Waals surface area contributed by atoms with E-state index in [2.05, 4.69) is 22.1 Å². The third-order valence-electron chi connectivity index (χ3n) is 2.66. The van der Waals surface area contributed by atoms with E-state index in [0.717, 1.165) is 23.4 Å². The molecule has 16 heavy (non-hydrogen) atoms. The van der Waals surface area contributed by atoms with Crippen LogP contribution in [-0.2, 0) is 6.42 Å². The highest BCUT2D eigenvalue weighted by atomic mass is 16.5. The molecule has 1 N–H and O–H groups in total. The zero-order valence-corrected chi connectivity index (χ0v) is 8.81. The van der Waals surface area contributed by atoms with Crippen molar-refractivity contribution in [3.05, 3.63) is 53.6 Å². The van der Waals surface area contributed by atoms with Crippen molar-refractivity contribution in [2.24, 2.45) is 0 Å². The number of H-pyrrole nitrogens is 1. The average molecular weight is 212 g/mol. The maximum atomic E-state index is 5.68. The fourth-order valence-electron chi connectivity index (χ4n) is 1.89. The maximum Gasteiger partial charge on any atom is 0.127 e. The van der Waals surface area contributed by atoms with Gasteiger partial charge in [-0.1, -0.05) is 18.2 Å². The van der Waals surface area contributed by atoms with E-state index >= 15 is 0 Å². The largest absolute Gasteiger partial charge is 0.489 e. The molecule has 1 aliphatic heterocycles. The van der Waals surface area contributed by atoms with Gasteiger partial charge in [-0.3, -0.25) is 0 Å². The molecule has 0 atom stereocenters. The minimum Gasteiger partial charge on any atom is -0.489 e. The smallest absolute Gasteiger partial charge is 0.127 e. The van der Waals surface area contributed by atoms with Gasteiger partial charge in [-0.05, 0) is 17.7 Å². The molecule has 3 rings (SSSR count). The van der Waals surface area contributed by atoms with Gasteiger partial charge in [0.25, 0.3) is 0 Å². The Kier molecular flexibility index (Phi) is 2.22. The summed E-state index contributed by atoms with van der Waals surface area (Å²) in [5.41, 5.74) is 3.54. The molecule has 0 amide bonds. The fourth-order valence-corrected chi connectivity index (χ4v) is 1.89. The van der Waals surface area contributed by atoms with Gasteiger partial charge in [0, 0.05) is 23.9 Å². The first-order valence-corrected chi connectivity index (χ1v) is 5.30. The van der Waals surface area contributed by atoms with Crippen LogP contribution in [0.25, 0.3) is 6.08 Å². The second-order valence-corrected chi connectivity index (χ2v) is 3.88. The van der Waals surface area contributed by atoms with Gasteiger partial charge in [-0.15, -0.1) is 0 Å². The summed E-state index contributed by atoms with van der Waals surface area (Å²) in [6.07, 6.45) is 6.61. The van der Waals surface area contributed by atoms with Crippen LogP contribution in [0.15, 0.2) is 42.4 Å². The number of aromatic amines is 1. The van der Waals surface area contributed by atoms with Crippen LogP contribution in [0.5, 0.6) is 5.75 Å². The third-order valence-corrected chi connectivity index (χ3v) is 2.66. The third kappa shape index (κ3) is 1.72. The normalized spacial score (nSPS) is 13.9. The molecule has 0 fully saturated rings. The van der Waals surface area contributed by atoms with E-state index in [9.17, 15) is 0 Å². The predicted molar refractivity (Wildman–Crippen MR) is 62.2 cm³/mol. The van der Waals surface area contributed by atoms with Gasteiger partial charge < -0.3 is 9.72 Å². The van der Waals surface area contributed by atoms with Gasteiger partial charge in [0.05, 0.1) is 6.33 Å². The Morgan fingerprint density at radius 1 is 1.31 bits per heavy atom. The van der Waals surface area contributed by atoms with Crippen molar-refractivity contribution < 1.29 is 4.74 Å². The molecule has 0 saturated heterocycles. The van der Waals surface area contributed by atoms with Crippen molar-refractivity contribution in [2.45, 2.75) is 6.42 Å². The number of para-hydroxylation sites is 1. The van der Waals surface area contributed by atoms with Crippen molar-refractivity contribution in [1.82, 2.24) is 9.97 Å². The number of rotatable bonds is 2. The Bertz CT molecular complexity index is 514. The molecule has 0 saturated carbocycles. The van der Waals surface area contributed by atoms with Crippen LogP contribution in [0, 0.1) is 0 Å². The number of nitrogens with zero attached hydrogens (tertiary/aromatic N) is 1. The molecule has 80 valence electrons. The lowest BCUT2D eigenvalue weighted by molar-refractivity contribution is 0.344. The Balaban J connectivity index is 1.86. The lowest BCUT2D eigenvalue weighted by atomic mass is 10.0. The highest BCUT2D eigenvalue weighted by Gasteiger charge is 2.11. The van der Waals surface area contributed by atoms with Crippen LogP contribution in [0.1, 0.15) is 11.3 Å². The van der Waals surface area contributed by atoms with Crippen molar-refractivity contribution in [3.8, 4) is 5.75 Å². The highest BCUT2D eigenvalue weighted by Crippen LogP contribution is 2.26. The van der Waals surface area contributed by atoms with Crippen molar-refractivity contribution >= 4 is 6.08 Å². The molecular weight excluding hydrogens is 200 g/mol. The number of aromatic nitrogens is 2. The summed E-state index contributed by atoms with van der Waals surface area (Å²) < 4.78 is 5.68. The molecule has 0 bridgehead atoms. The lowest BCUT2D eigenvalue weighted by Gasteiger charge is -2.17. The molecule has 0 unspecified atom stereocenters. The predicted octanol–water partition coefficient (Wildman–Crippen LogP) is 2.43. The molecule has 0 spiro atoms. The first-order chi connectivity index (χ1) is 7.92. The number of hydrogen-bond donors (Lipinski definition) is 1. The van der Waals surface area contributed by atoms with Crippen LogP contribution in [0.4, 0.5) is 0 Å². The Hall–Kier alpha value is -2.03. The summed E-state index contributed by atoms with van der Waals surface area (Å²) in [4.78, 5) is 7.11.